The van der Waals surface area contributed by atoms with E-state index in [1.807, 2.05) is 25.4 Å². The first-order valence-electron chi connectivity index (χ1n) is 4.40. The third kappa shape index (κ3) is 2.71. The smallest absolute Gasteiger partial charge is 0.101 e. The van der Waals surface area contributed by atoms with Crippen molar-refractivity contribution in [1.82, 2.24) is 4.98 Å². The van der Waals surface area contributed by atoms with Crippen LogP contribution in [0.4, 0.5) is 0 Å². The first-order valence-corrected chi connectivity index (χ1v) is 5.62. The van der Waals surface area contributed by atoms with E-state index in [-0.39, 0.29) is 6.10 Å². The maximum absolute atomic E-state index is 5.52. The molecule has 1 heterocycles. The summed E-state index contributed by atoms with van der Waals surface area (Å²) in [4.78, 5) is 4.28. The summed E-state index contributed by atoms with van der Waals surface area (Å²) < 4.78 is 5.52. The lowest BCUT2D eigenvalue weighted by Crippen LogP contribution is -2.01. The van der Waals surface area contributed by atoms with Gasteiger partial charge in [-0.05, 0) is 26.2 Å². The fraction of sp³-hybridized carbons (Fsp3) is 0.500. The number of rotatable bonds is 4. The van der Waals surface area contributed by atoms with Gasteiger partial charge in [0.15, 0.2) is 0 Å². The Hall–Kier alpha value is -0.540. The molecule has 1 unspecified atom stereocenters. The van der Waals surface area contributed by atoms with E-state index in [4.69, 9.17) is 4.74 Å². The SMILES string of the molecule is CCOC(C)c1cccnc1SC. The van der Waals surface area contributed by atoms with Crippen LogP contribution in [0, 0.1) is 0 Å². The molecular weight excluding hydrogens is 182 g/mol. The molecule has 1 aromatic heterocycles. The van der Waals surface area contributed by atoms with Crippen LogP contribution < -0.4 is 0 Å². The Labute approximate surface area is 83.7 Å². The number of hydrogen-bond donors (Lipinski definition) is 0. The molecule has 0 aromatic carbocycles. The number of pyridine rings is 1. The second-order valence-corrected chi connectivity index (χ2v) is 3.49. The molecule has 0 aliphatic heterocycles. The Kier molecular flexibility index (Phi) is 4.25. The van der Waals surface area contributed by atoms with E-state index in [2.05, 4.69) is 18.0 Å². The molecule has 0 spiro atoms. The minimum absolute atomic E-state index is 0.140. The molecule has 3 heteroatoms. The van der Waals surface area contributed by atoms with Gasteiger partial charge in [-0.2, -0.15) is 0 Å². The normalized spacial score (nSPS) is 12.8. The fourth-order valence-corrected chi connectivity index (χ4v) is 1.86. The molecule has 0 aliphatic carbocycles. The summed E-state index contributed by atoms with van der Waals surface area (Å²) in [5.41, 5.74) is 1.18. The van der Waals surface area contributed by atoms with Crippen molar-refractivity contribution in [3.63, 3.8) is 0 Å². The van der Waals surface area contributed by atoms with E-state index in [9.17, 15) is 0 Å². The molecule has 0 bridgehead atoms. The van der Waals surface area contributed by atoms with Crippen molar-refractivity contribution in [3.8, 4) is 0 Å². The van der Waals surface area contributed by atoms with Crippen LogP contribution in [-0.2, 0) is 4.74 Å². The van der Waals surface area contributed by atoms with Crippen molar-refractivity contribution in [2.24, 2.45) is 0 Å². The van der Waals surface area contributed by atoms with Gasteiger partial charge in [0.2, 0.25) is 0 Å². The van der Waals surface area contributed by atoms with Gasteiger partial charge >= 0.3 is 0 Å². The van der Waals surface area contributed by atoms with E-state index < -0.39 is 0 Å². The Balaban J connectivity index is 2.85. The van der Waals surface area contributed by atoms with E-state index in [0.29, 0.717) is 0 Å². The number of nitrogens with zero attached hydrogens (tertiary/aromatic N) is 1. The lowest BCUT2D eigenvalue weighted by molar-refractivity contribution is 0.0741. The first kappa shape index (κ1) is 10.5. The second kappa shape index (κ2) is 5.25. The molecule has 0 saturated heterocycles. The van der Waals surface area contributed by atoms with Crippen LogP contribution >= 0.6 is 11.8 Å². The number of aromatic nitrogens is 1. The van der Waals surface area contributed by atoms with Crippen LogP contribution in [0.3, 0.4) is 0 Å². The maximum atomic E-state index is 5.52. The highest BCUT2D eigenvalue weighted by molar-refractivity contribution is 7.98. The Morgan fingerprint density at radius 1 is 1.62 bits per heavy atom. The summed E-state index contributed by atoms with van der Waals surface area (Å²) in [6.07, 6.45) is 3.99. The van der Waals surface area contributed by atoms with Gasteiger partial charge in [0.25, 0.3) is 0 Å². The van der Waals surface area contributed by atoms with Gasteiger partial charge < -0.3 is 4.74 Å². The lowest BCUT2D eigenvalue weighted by Gasteiger charge is -2.13. The zero-order valence-electron chi connectivity index (χ0n) is 8.28. The highest BCUT2D eigenvalue weighted by Gasteiger charge is 2.09. The van der Waals surface area contributed by atoms with E-state index >= 15 is 0 Å². The monoisotopic (exact) mass is 197 g/mol. The Morgan fingerprint density at radius 3 is 3.00 bits per heavy atom. The summed E-state index contributed by atoms with van der Waals surface area (Å²) in [7, 11) is 0. The molecule has 1 rings (SSSR count). The third-order valence-corrected chi connectivity index (χ3v) is 2.58. The summed E-state index contributed by atoms with van der Waals surface area (Å²) in [6.45, 7) is 4.80. The first-order chi connectivity index (χ1) is 6.29. The highest BCUT2D eigenvalue weighted by Crippen LogP contribution is 2.25. The van der Waals surface area contributed by atoms with E-state index in [1.54, 1.807) is 11.8 Å². The number of ether oxygens (including phenoxy) is 1. The highest BCUT2D eigenvalue weighted by atomic mass is 32.2. The molecule has 13 heavy (non-hydrogen) atoms. The zero-order chi connectivity index (χ0) is 9.68. The predicted octanol–water partition coefficient (Wildman–Crippen LogP) is 2.90. The van der Waals surface area contributed by atoms with Crippen LogP contribution in [0.5, 0.6) is 0 Å². The van der Waals surface area contributed by atoms with E-state index in [0.717, 1.165) is 11.6 Å². The average molecular weight is 197 g/mol. The van der Waals surface area contributed by atoms with Gasteiger partial charge in [0, 0.05) is 18.4 Å². The van der Waals surface area contributed by atoms with Gasteiger partial charge in [-0.3, -0.25) is 0 Å². The van der Waals surface area contributed by atoms with Crippen LogP contribution in [0.2, 0.25) is 0 Å². The van der Waals surface area contributed by atoms with Gasteiger partial charge in [-0.1, -0.05) is 6.07 Å². The van der Waals surface area contributed by atoms with Crippen LogP contribution in [0.25, 0.3) is 0 Å². The van der Waals surface area contributed by atoms with Crippen molar-refractivity contribution in [2.75, 3.05) is 12.9 Å². The molecule has 0 amide bonds. The van der Waals surface area contributed by atoms with Gasteiger partial charge in [-0.25, -0.2) is 4.98 Å². The molecular formula is C10H15NOS. The summed E-state index contributed by atoms with van der Waals surface area (Å²) in [6, 6.07) is 4.02. The van der Waals surface area contributed by atoms with Crippen LogP contribution in [-0.4, -0.2) is 17.8 Å². The van der Waals surface area contributed by atoms with Crippen molar-refractivity contribution < 1.29 is 4.74 Å². The predicted molar refractivity (Wildman–Crippen MR) is 56.1 cm³/mol. The molecule has 0 fully saturated rings. The van der Waals surface area contributed by atoms with Gasteiger partial charge in [-0.15, -0.1) is 11.8 Å². The molecule has 0 saturated carbocycles. The van der Waals surface area contributed by atoms with Crippen LogP contribution in [0.15, 0.2) is 23.4 Å². The van der Waals surface area contributed by atoms with Crippen molar-refractivity contribution in [3.05, 3.63) is 23.9 Å². The fourth-order valence-electron chi connectivity index (χ4n) is 1.22. The summed E-state index contributed by atoms with van der Waals surface area (Å²) >= 11 is 1.66. The number of hydrogen-bond acceptors (Lipinski definition) is 3. The average Bonchev–Trinajstić information content (AvgIpc) is 2.18. The van der Waals surface area contributed by atoms with Crippen molar-refractivity contribution in [2.45, 2.75) is 25.0 Å². The molecule has 0 radical (unpaired) electrons. The summed E-state index contributed by atoms with van der Waals surface area (Å²) in [5.74, 6) is 0. The second-order valence-electron chi connectivity index (χ2n) is 2.70. The van der Waals surface area contributed by atoms with Gasteiger partial charge in [0.1, 0.15) is 5.03 Å². The molecule has 1 aromatic rings. The zero-order valence-corrected chi connectivity index (χ0v) is 9.10. The quantitative estimate of drug-likeness (QED) is 0.693. The standard InChI is InChI=1S/C10H15NOS/c1-4-12-8(2)9-6-5-7-11-10(9)13-3/h5-8H,4H2,1-3H3. The van der Waals surface area contributed by atoms with Gasteiger partial charge in [0.05, 0.1) is 6.10 Å². The molecule has 0 aliphatic rings. The van der Waals surface area contributed by atoms with E-state index in [1.165, 1.54) is 5.56 Å². The Bertz CT molecular complexity index is 265. The minimum atomic E-state index is 0.140. The molecule has 2 nitrogen and oxygen atoms in total. The minimum Gasteiger partial charge on any atom is -0.374 e. The van der Waals surface area contributed by atoms with Crippen molar-refractivity contribution >= 4 is 11.8 Å². The topological polar surface area (TPSA) is 22.1 Å². The van der Waals surface area contributed by atoms with Crippen LogP contribution in [0.1, 0.15) is 25.5 Å². The molecule has 1 atom stereocenters. The lowest BCUT2D eigenvalue weighted by atomic mass is 10.2. The molecule has 72 valence electrons. The third-order valence-electron chi connectivity index (χ3n) is 1.85. The largest absolute Gasteiger partial charge is 0.374 e. The number of thioether (sulfide) groups is 1. The molecule has 0 N–H and O–H groups in total. The Morgan fingerprint density at radius 2 is 2.38 bits per heavy atom. The summed E-state index contributed by atoms with van der Waals surface area (Å²) in [5, 5.41) is 1.06. The van der Waals surface area contributed by atoms with Crippen molar-refractivity contribution in [1.29, 1.82) is 0 Å². The maximum Gasteiger partial charge on any atom is 0.101 e.